The minimum absolute atomic E-state index is 0.461. The number of hydrogen-bond donors (Lipinski definition) is 1. The molecule has 1 spiro atoms. The summed E-state index contributed by atoms with van der Waals surface area (Å²) in [6.07, 6.45) is 12.6. The fourth-order valence-electron chi connectivity index (χ4n) is 4.33. The van der Waals surface area contributed by atoms with E-state index >= 15 is 0 Å². The lowest BCUT2D eigenvalue weighted by Crippen LogP contribution is -2.64. The van der Waals surface area contributed by atoms with Crippen LogP contribution >= 0.6 is 0 Å². The first-order chi connectivity index (χ1) is 10.3. The fraction of sp³-hybridized carbons (Fsp3) is 1.00. The highest BCUT2D eigenvalue weighted by atomic mass is 16.5. The highest BCUT2D eigenvalue weighted by molar-refractivity contribution is 5.08. The smallest absolute Gasteiger partial charge is 0.0661 e. The molecular formula is C18H33NO2. The van der Waals surface area contributed by atoms with Gasteiger partial charge in [-0.1, -0.05) is 19.3 Å². The zero-order chi connectivity index (χ0) is 14.5. The minimum Gasteiger partial charge on any atom is -0.381 e. The molecule has 3 nitrogen and oxygen atoms in total. The molecule has 3 rings (SSSR count). The third kappa shape index (κ3) is 3.80. The molecule has 3 aliphatic carbocycles. The largest absolute Gasteiger partial charge is 0.381 e. The molecule has 0 amide bonds. The van der Waals surface area contributed by atoms with Gasteiger partial charge in [0.15, 0.2) is 0 Å². The molecule has 3 heteroatoms. The van der Waals surface area contributed by atoms with Crippen molar-refractivity contribution in [1.82, 2.24) is 5.32 Å². The monoisotopic (exact) mass is 295 g/mol. The van der Waals surface area contributed by atoms with Crippen molar-refractivity contribution >= 4 is 0 Å². The maximum Gasteiger partial charge on any atom is 0.0661 e. The van der Waals surface area contributed by atoms with Crippen molar-refractivity contribution in [2.45, 2.75) is 76.9 Å². The second-order valence-corrected chi connectivity index (χ2v) is 7.35. The molecular weight excluding hydrogens is 262 g/mol. The Morgan fingerprint density at radius 3 is 2.67 bits per heavy atom. The Bertz CT molecular complexity index is 310. The van der Waals surface area contributed by atoms with Crippen molar-refractivity contribution in [3.63, 3.8) is 0 Å². The second kappa shape index (κ2) is 7.43. The van der Waals surface area contributed by atoms with Crippen LogP contribution in [0, 0.1) is 11.3 Å². The van der Waals surface area contributed by atoms with E-state index in [1.165, 1.54) is 51.4 Å². The first kappa shape index (κ1) is 15.8. The van der Waals surface area contributed by atoms with Crippen LogP contribution in [-0.4, -0.2) is 38.5 Å². The Morgan fingerprint density at radius 1 is 1.14 bits per heavy atom. The van der Waals surface area contributed by atoms with Gasteiger partial charge in [-0.2, -0.15) is 0 Å². The first-order valence-electron chi connectivity index (χ1n) is 9.28. The molecule has 0 aromatic heterocycles. The van der Waals surface area contributed by atoms with Gasteiger partial charge in [0.2, 0.25) is 0 Å². The van der Waals surface area contributed by atoms with Gasteiger partial charge < -0.3 is 14.8 Å². The normalized spacial score (nSPS) is 31.3. The van der Waals surface area contributed by atoms with Crippen LogP contribution in [0.5, 0.6) is 0 Å². The summed E-state index contributed by atoms with van der Waals surface area (Å²) in [7, 11) is 0. The average molecular weight is 295 g/mol. The van der Waals surface area contributed by atoms with Crippen molar-refractivity contribution in [3.05, 3.63) is 0 Å². The summed E-state index contributed by atoms with van der Waals surface area (Å²) in [5, 5.41) is 3.81. The van der Waals surface area contributed by atoms with Crippen LogP contribution in [0.15, 0.2) is 0 Å². The molecule has 1 N–H and O–H groups in total. The van der Waals surface area contributed by atoms with E-state index in [9.17, 15) is 0 Å². The molecule has 2 atom stereocenters. The van der Waals surface area contributed by atoms with Gasteiger partial charge in [-0.25, -0.2) is 0 Å². The van der Waals surface area contributed by atoms with Crippen molar-refractivity contribution in [2.24, 2.45) is 11.3 Å². The molecule has 0 aliphatic heterocycles. The Kier molecular flexibility index (Phi) is 5.58. The van der Waals surface area contributed by atoms with Crippen LogP contribution < -0.4 is 5.32 Å². The number of hydrogen-bond acceptors (Lipinski definition) is 3. The molecule has 0 radical (unpaired) electrons. The van der Waals surface area contributed by atoms with E-state index in [2.05, 4.69) is 12.2 Å². The lowest BCUT2D eigenvalue weighted by atomic mass is 9.55. The molecule has 0 aromatic rings. The summed E-state index contributed by atoms with van der Waals surface area (Å²) in [5.41, 5.74) is 0.461. The first-order valence-corrected chi connectivity index (χ1v) is 9.28. The topological polar surface area (TPSA) is 30.5 Å². The summed E-state index contributed by atoms with van der Waals surface area (Å²) in [4.78, 5) is 0. The molecule has 3 fully saturated rings. The number of rotatable bonds is 9. The van der Waals surface area contributed by atoms with E-state index in [0.717, 1.165) is 38.7 Å². The van der Waals surface area contributed by atoms with Gasteiger partial charge in [0.1, 0.15) is 0 Å². The van der Waals surface area contributed by atoms with E-state index in [1.807, 2.05) is 0 Å². The molecule has 122 valence electrons. The van der Waals surface area contributed by atoms with Crippen molar-refractivity contribution in [1.29, 1.82) is 0 Å². The Balaban J connectivity index is 1.35. The molecule has 21 heavy (non-hydrogen) atoms. The second-order valence-electron chi connectivity index (χ2n) is 7.35. The van der Waals surface area contributed by atoms with Crippen molar-refractivity contribution < 1.29 is 9.47 Å². The van der Waals surface area contributed by atoms with E-state index in [4.69, 9.17) is 9.47 Å². The van der Waals surface area contributed by atoms with Gasteiger partial charge in [-0.3, -0.25) is 0 Å². The van der Waals surface area contributed by atoms with Gasteiger partial charge >= 0.3 is 0 Å². The van der Waals surface area contributed by atoms with Crippen LogP contribution in [0.25, 0.3) is 0 Å². The van der Waals surface area contributed by atoms with Crippen molar-refractivity contribution in [2.75, 3.05) is 26.4 Å². The van der Waals surface area contributed by atoms with Crippen LogP contribution in [0.1, 0.15) is 64.7 Å². The van der Waals surface area contributed by atoms with Gasteiger partial charge in [-0.05, 0) is 57.9 Å². The van der Waals surface area contributed by atoms with Crippen LogP contribution in [0.3, 0.4) is 0 Å². The SMILES string of the molecule is CCOC1CC(NCCCOCC2CC2)C12CCCCC2. The summed E-state index contributed by atoms with van der Waals surface area (Å²) in [5.74, 6) is 0.891. The zero-order valence-corrected chi connectivity index (χ0v) is 13.7. The standard InChI is InChI=1S/C18H33NO2/c1-2-21-17-13-16(18(17)9-4-3-5-10-18)19-11-6-12-20-14-15-7-8-15/h15-17,19H,2-14H2,1H3. The molecule has 0 saturated heterocycles. The van der Waals surface area contributed by atoms with E-state index in [1.54, 1.807) is 0 Å². The third-order valence-electron chi connectivity index (χ3n) is 5.84. The predicted octanol–water partition coefficient (Wildman–Crippen LogP) is 3.52. The van der Waals surface area contributed by atoms with Gasteiger partial charge in [-0.15, -0.1) is 0 Å². The highest BCUT2D eigenvalue weighted by Gasteiger charge is 2.55. The number of ether oxygens (including phenoxy) is 2. The van der Waals surface area contributed by atoms with E-state index in [0.29, 0.717) is 17.6 Å². The summed E-state index contributed by atoms with van der Waals surface area (Å²) < 4.78 is 11.7. The third-order valence-corrected chi connectivity index (χ3v) is 5.84. The van der Waals surface area contributed by atoms with Gasteiger partial charge in [0.05, 0.1) is 6.10 Å². The minimum atomic E-state index is 0.461. The number of nitrogens with one attached hydrogen (secondary N) is 1. The zero-order valence-electron chi connectivity index (χ0n) is 13.7. The summed E-state index contributed by atoms with van der Waals surface area (Å²) in [6.45, 7) is 6.04. The lowest BCUT2D eigenvalue weighted by molar-refractivity contribution is -0.150. The maximum absolute atomic E-state index is 6.01. The van der Waals surface area contributed by atoms with Gasteiger partial charge in [0, 0.05) is 31.3 Å². The van der Waals surface area contributed by atoms with Gasteiger partial charge in [0.25, 0.3) is 0 Å². The highest BCUT2D eigenvalue weighted by Crippen LogP contribution is 2.53. The predicted molar refractivity (Wildman–Crippen MR) is 85.5 cm³/mol. The Hall–Kier alpha value is -0.120. The Labute approximate surface area is 130 Å². The quantitative estimate of drug-likeness (QED) is 0.660. The Morgan fingerprint density at radius 2 is 1.95 bits per heavy atom. The summed E-state index contributed by atoms with van der Waals surface area (Å²) >= 11 is 0. The molecule has 0 aromatic carbocycles. The maximum atomic E-state index is 6.01. The molecule has 0 bridgehead atoms. The van der Waals surface area contributed by atoms with Crippen molar-refractivity contribution in [3.8, 4) is 0 Å². The van der Waals surface area contributed by atoms with Crippen LogP contribution in [0.4, 0.5) is 0 Å². The van der Waals surface area contributed by atoms with E-state index < -0.39 is 0 Å². The summed E-state index contributed by atoms with van der Waals surface area (Å²) in [6, 6.07) is 0.692. The molecule has 3 aliphatic rings. The van der Waals surface area contributed by atoms with E-state index in [-0.39, 0.29) is 0 Å². The fourth-order valence-corrected chi connectivity index (χ4v) is 4.33. The molecule has 3 saturated carbocycles. The lowest BCUT2D eigenvalue weighted by Gasteiger charge is -2.58. The molecule has 2 unspecified atom stereocenters. The molecule has 0 heterocycles. The van der Waals surface area contributed by atoms with Crippen LogP contribution in [0.2, 0.25) is 0 Å². The average Bonchev–Trinajstić information content (AvgIpc) is 3.33. The van der Waals surface area contributed by atoms with Crippen LogP contribution in [-0.2, 0) is 9.47 Å².